The first-order valence-corrected chi connectivity index (χ1v) is 7.57. The largest absolute Gasteiger partial charge is 0.351 e. The van der Waals surface area contributed by atoms with E-state index in [4.69, 9.17) is 0 Å². The first-order chi connectivity index (χ1) is 10.1. The molecule has 0 atom stereocenters. The molecule has 1 aromatic heterocycles. The molecule has 2 aromatic rings. The quantitative estimate of drug-likeness (QED) is 0.890. The van der Waals surface area contributed by atoms with E-state index in [2.05, 4.69) is 36.5 Å². The lowest BCUT2D eigenvalue weighted by Gasteiger charge is -2.07. The standard InChI is InChI=1S/C15H15BrN4O/c1-9-2-3-12(6-13(9)16)19-14(21)10-7-17-15(18-8-10)20-11-4-5-11/h2-3,6-8,11H,4-5H2,1H3,(H,19,21)(H,17,18,20). The molecule has 1 aliphatic rings. The second-order valence-corrected chi connectivity index (χ2v) is 5.99. The third kappa shape index (κ3) is 3.58. The van der Waals surface area contributed by atoms with Gasteiger partial charge in [0.1, 0.15) is 0 Å². The van der Waals surface area contributed by atoms with Crippen LogP contribution in [0.5, 0.6) is 0 Å². The van der Waals surface area contributed by atoms with E-state index in [1.54, 1.807) is 0 Å². The number of carbonyl (C=O) groups excluding carboxylic acids is 1. The van der Waals surface area contributed by atoms with Crippen LogP contribution in [0.3, 0.4) is 0 Å². The van der Waals surface area contributed by atoms with E-state index in [1.165, 1.54) is 12.4 Å². The van der Waals surface area contributed by atoms with Crippen molar-refractivity contribution in [2.24, 2.45) is 0 Å². The fourth-order valence-electron chi connectivity index (χ4n) is 1.80. The van der Waals surface area contributed by atoms with Crippen molar-refractivity contribution >= 4 is 33.5 Å². The van der Waals surface area contributed by atoms with Crippen molar-refractivity contribution in [3.8, 4) is 0 Å². The highest BCUT2D eigenvalue weighted by molar-refractivity contribution is 9.10. The topological polar surface area (TPSA) is 66.9 Å². The van der Waals surface area contributed by atoms with Crippen LogP contribution in [0.2, 0.25) is 0 Å². The van der Waals surface area contributed by atoms with Gasteiger partial charge in [0, 0.05) is 28.6 Å². The number of aryl methyl sites for hydroxylation is 1. The molecule has 1 heterocycles. The van der Waals surface area contributed by atoms with Gasteiger partial charge in [-0.1, -0.05) is 22.0 Å². The fourth-order valence-corrected chi connectivity index (χ4v) is 2.18. The molecule has 0 aliphatic heterocycles. The van der Waals surface area contributed by atoms with Crippen molar-refractivity contribution in [1.82, 2.24) is 9.97 Å². The zero-order valence-electron chi connectivity index (χ0n) is 11.6. The predicted octanol–water partition coefficient (Wildman–Crippen LogP) is 3.37. The fraction of sp³-hybridized carbons (Fsp3) is 0.267. The Kier molecular flexibility index (Phi) is 3.88. The lowest BCUT2D eigenvalue weighted by molar-refractivity contribution is 0.102. The summed E-state index contributed by atoms with van der Waals surface area (Å²) >= 11 is 3.45. The van der Waals surface area contributed by atoms with Gasteiger partial charge in [-0.2, -0.15) is 0 Å². The molecule has 0 bridgehead atoms. The number of nitrogens with zero attached hydrogens (tertiary/aromatic N) is 2. The summed E-state index contributed by atoms with van der Waals surface area (Å²) in [5.74, 6) is 0.357. The van der Waals surface area contributed by atoms with Crippen molar-refractivity contribution in [2.45, 2.75) is 25.8 Å². The normalized spacial score (nSPS) is 13.8. The molecule has 1 amide bonds. The molecule has 5 nitrogen and oxygen atoms in total. The number of aromatic nitrogens is 2. The molecule has 0 radical (unpaired) electrons. The lowest BCUT2D eigenvalue weighted by atomic mass is 10.2. The van der Waals surface area contributed by atoms with E-state index in [-0.39, 0.29) is 5.91 Å². The van der Waals surface area contributed by atoms with Gasteiger partial charge in [0.05, 0.1) is 5.56 Å². The van der Waals surface area contributed by atoms with E-state index in [1.807, 2.05) is 25.1 Å². The molecule has 0 saturated heterocycles. The van der Waals surface area contributed by atoms with E-state index < -0.39 is 0 Å². The number of amides is 1. The third-order valence-electron chi connectivity index (χ3n) is 3.25. The van der Waals surface area contributed by atoms with Crippen molar-refractivity contribution in [3.05, 3.63) is 46.2 Å². The van der Waals surface area contributed by atoms with Gasteiger partial charge in [-0.15, -0.1) is 0 Å². The van der Waals surface area contributed by atoms with Crippen molar-refractivity contribution < 1.29 is 4.79 Å². The van der Waals surface area contributed by atoms with Crippen LogP contribution in [0.4, 0.5) is 11.6 Å². The number of nitrogens with one attached hydrogen (secondary N) is 2. The van der Waals surface area contributed by atoms with Gasteiger partial charge in [0.25, 0.3) is 5.91 Å². The maximum atomic E-state index is 12.1. The molecule has 1 fully saturated rings. The molecule has 0 unspecified atom stereocenters. The molecule has 3 rings (SSSR count). The Morgan fingerprint density at radius 2 is 2.00 bits per heavy atom. The van der Waals surface area contributed by atoms with Crippen LogP contribution in [0, 0.1) is 6.92 Å². The number of carbonyl (C=O) groups is 1. The Bertz CT molecular complexity index is 668. The second kappa shape index (κ2) is 5.81. The second-order valence-electron chi connectivity index (χ2n) is 5.13. The molecule has 1 saturated carbocycles. The number of benzene rings is 1. The summed E-state index contributed by atoms with van der Waals surface area (Å²) in [6, 6.07) is 6.17. The average Bonchev–Trinajstić information content (AvgIpc) is 3.28. The van der Waals surface area contributed by atoms with E-state index in [9.17, 15) is 4.79 Å². The Morgan fingerprint density at radius 3 is 2.62 bits per heavy atom. The highest BCUT2D eigenvalue weighted by atomic mass is 79.9. The minimum absolute atomic E-state index is 0.219. The Labute approximate surface area is 131 Å². The van der Waals surface area contributed by atoms with Gasteiger partial charge >= 0.3 is 0 Å². The van der Waals surface area contributed by atoms with E-state index >= 15 is 0 Å². The van der Waals surface area contributed by atoms with Gasteiger partial charge in [-0.05, 0) is 37.5 Å². The van der Waals surface area contributed by atoms with Crippen LogP contribution in [0.25, 0.3) is 0 Å². The number of halogens is 1. The Morgan fingerprint density at radius 1 is 1.29 bits per heavy atom. The molecule has 108 valence electrons. The summed E-state index contributed by atoms with van der Waals surface area (Å²) in [7, 11) is 0. The lowest BCUT2D eigenvalue weighted by Crippen LogP contribution is -2.14. The van der Waals surface area contributed by atoms with Crippen LogP contribution in [-0.4, -0.2) is 21.9 Å². The molecular weight excluding hydrogens is 332 g/mol. The monoisotopic (exact) mass is 346 g/mol. The molecule has 21 heavy (non-hydrogen) atoms. The zero-order valence-corrected chi connectivity index (χ0v) is 13.1. The molecule has 1 aromatic carbocycles. The summed E-state index contributed by atoms with van der Waals surface area (Å²) in [5, 5.41) is 6.01. The van der Waals surface area contributed by atoms with Gasteiger partial charge in [0.2, 0.25) is 5.95 Å². The summed E-state index contributed by atoms with van der Waals surface area (Å²) in [4.78, 5) is 20.5. The summed E-state index contributed by atoms with van der Waals surface area (Å²) in [6.07, 6.45) is 5.40. The maximum Gasteiger partial charge on any atom is 0.258 e. The number of hydrogen-bond acceptors (Lipinski definition) is 4. The van der Waals surface area contributed by atoms with Gasteiger partial charge in [0.15, 0.2) is 0 Å². The SMILES string of the molecule is Cc1ccc(NC(=O)c2cnc(NC3CC3)nc2)cc1Br. The summed E-state index contributed by atoms with van der Waals surface area (Å²) in [5.41, 5.74) is 2.29. The van der Waals surface area contributed by atoms with Crippen LogP contribution in [0.15, 0.2) is 35.1 Å². The van der Waals surface area contributed by atoms with Gasteiger partial charge in [-0.25, -0.2) is 9.97 Å². The smallest absolute Gasteiger partial charge is 0.258 e. The first-order valence-electron chi connectivity index (χ1n) is 6.78. The molecule has 1 aliphatic carbocycles. The summed E-state index contributed by atoms with van der Waals surface area (Å²) in [6.45, 7) is 2.00. The van der Waals surface area contributed by atoms with Crippen molar-refractivity contribution in [3.63, 3.8) is 0 Å². The van der Waals surface area contributed by atoms with Crippen LogP contribution < -0.4 is 10.6 Å². The number of anilines is 2. The predicted molar refractivity (Wildman–Crippen MR) is 85.5 cm³/mol. The van der Waals surface area contributed by atoms with Gasteiger partial charge in [-0.3, -0.25) is 4.79 Å². The minimum Gasteiger partial charge on any atom is -0.351 e. The van der Waals surface area contributed by atoms with Crippen molar-refractivity contribution in [2.75, 3.05) is 10.6 Å². The highest BCUT2D eigenvalue weighted by Gasteiger charge is 2.21. The number of rotatable bonds is 4. The maximum absolute atomic E-state index is 12.1. The first kappa shape index (κ1) is 14.0. The molecule has 6 heteroatoms. The third-order valence-corrected chi connectivity index (χ3v) is 4.11. The number of hydrogen-bond donors (Lipinski definition) is 2. The van der Waals surface area contributed by atoms with E-state index in [0.717, 1.165) is 28.6 Å². The molecule has 0 spiro atoms. The zero-order chi connectivity index (χ0) is 14.8. The van der Waals surface area contributed by atoms with Gasteiger partial charge < -0.3 is 10.6 Å². The minimum atomic E-state index is -0.219. The van der Waals surface area contributed by atoms with E-state index in [0.29, 0.717) is 17.6 Å². The van der Waals surface area contributed by atoms with Crippen LogP contribution >= 0.6 is 15.9 Å². The molecular formula is C15H15BrN4O. The Hall–Kier alpha value is -1.95. The highest BCUT2D eigenvalue weighted by Crippen LogP contribution is 2.23. The molecule has 2 N–H and O–H groups in total. The summed E-state index contributed by atoms with van der Waals surface area (Å²) < 4.78 is 0.959. The van der Waals surface area contributed by atoms with Crippen LogP contribution in [0.1, 0.15) is 28.8 Å². The average molecular weight is 347 g/mol. The van der Waals surface area contributed by atoms with Crippen molar-refractivity contribution in [1.29, 1.82) is 0 Å². The van der Waals surface area contributed by atoms with Crippen LogP contribution in [-0.2, 0) is 0 Å². The Balaban J connectivity index is 1.67.